The van der Waals surface area contributed by atoms with Crippen LogP contribution >= 0.6 is 0 Å². The van der Waals surface area contributed by atoms with Crippen LogP contribution in [0.2, 0.25) is 0 Å². The molecule has 0 bridgehead atoms. The minimum absolute atomic E-state index is 0.0229. The minimum Gasteiger partial charge on any atom is -0.477 e. The van der Waals surface area contributed by atoms with Gasteiger partial charge in [-0.2, -0.15) is 0 Å². The van der Waals surface area contributed by atoms with Crippen LogP contribution in [0.15, 0.2) is 48.5 Å². The van der Waals surface area contributed by atoms with E-state index in [9.17, 15) is 19.7 Å². The molecular formula is C19H21N3O5. The Kier molecular flexibility index (Phi) is 6.87. The lowest BCUT2D eigenvalue weighted by Crippen LogP contribution is -2.31. The molecule has 2 amide bonds. The number of benzene rings is 2. The maximum atomic E-state index is 12.0. The molecule has 8 heteroatoms. The van der Waals surface area contributed by atoms with Crippen molar-refractivity contribution in [2.75, 3.05) is 11.9 Å². The van der Waals surface area contributed by atoms with Gasteiger partial charge < -0.3 is 15.4 Å². The van der Waals surface area contributed by atoms with Gasteiger partial charge in [-0.05, 0) is 43.7 Å². The summed E-state index contributed by atoms with van der Waals surface area (Å²) in [5.41, 5.74) is 0.776. The van der Waals surface area contributed by atoms with Gasteiger partial charge in [-0.3, -0.25) is 19.7 Å². The van der Waals surface area contributed by atoms with Gasteiger partial charge in [0.2, 0.25) is 0 Å². The smallest absolute Gasteiger partial charge is 0.310 e. The third-order valence-corrected chi connectivity index (χ3v) is 3.84. The standard InChI is InChI=1S/C19H21N3O5/c1-3-13(2)20-19(24)14-8-10-15(11-9-14)21-18(23)12-27-17-7-5-4-6-16(17)22(25)26/h4-11,13H,3,12H2,1-2H3,(H,20,24)(H,21,23). The van der Waals surface area contributed by atoms with E-state index in [1.807, 2.05) is 13.8 Å². The highest BCUT2D eigenvalue weighted by molar-refractivity contribution is 5.96. The second-order valence-electron chi connectivity index (χ2n) is 5.92. The summed E-state index contributed by atoms with van der Waals surface area (Å²) in [4.78, 5) is 34.4. The van der Waals surface area contributed by atoms with E-state index in [1.54, 1.807) is 30.3 Å². The number of para-hydroxylation sites is 2. The zero-order valence-electron chi connectivity index (χ0n) is 15.1. The van der Waals surface area contributed by atoms with Gasteiger partial charge in [0.05, 0.1) is 4.92 Å². The maximum absolute atomic E-state index is 12.0. The van der Waals surface area contributed by atoms with Gasteiger partial charge >= 0.3 is 5.69 Å². The highest BCUT2D eigenvalue weighted by atomic mass is 16.6. The zero-order valence-corrected chi connectivity index (χ0v) is 15.1. The first-order valence-electron chi connectivity index (χ1n) is 8.47. The van der Waals surface area contributed by atoms with E-state index in [-0.39, 0.29) is 30.0 Å². The lowest BCUT2D eigenvalue weighted by Gasteiger charge is -2.12. The van der Waals surface area contributed by atoms with Crippen LogP contribution in [0.1, 0.15) is 30.6 Å². The fourth-order valence-electron chi connectivity index (χ4n) is 2.18. The number of amides is 2. The number of ether oxygens (including phenoxy) is 1. The van der Waals surface area contributed by atoms with Crippen LogP contribution in [-0.4, -0.2) is 29.4 Å². The Morgan fingerprint density at radius 1 is 1.15 bits per heavy atom. The van der Waals surface area contributed by atoms with E-state index >= 15 is 0 Å². The third kappa shape index (κ3) is 5.81. The van der Waals surface area contributed by atoms with Crippen LogP contribution in [0.3, 0.4) is 0 Å². The average molecular weight is 371 g/mol. The summed E-state index contributed by atoms with van der Waals surface area (Å²) in [6.07, 6.45) is 0.833. The first-order valence-corrected chi connectivity index (χ1v) is 8.47. The van der Waals surface area contributed by atoms with Gasteiger partial charge in [-0.15, -0.1) is 0 Å². The predicted octanol–water partition coefficient (Wildman–Crippen LogP) is 3.14. The Labute approximate surface area is 156 Å². The van der Waals surface area contributed by atoms with Crippen molar-refractivity contribution in [1.82, 2.24) is 5.32 Å². The van der Waals surface area contributed by atoms with Crippen LogP contribution in [-0.2, 0) is 4.79 Å². The molecule has 2 aromatic carbocycles. The Morgan fingerprint density at radius 2 is 1.81 bits per heavy atom. The molecule has 142 valence electrons. The van der Waals surface area contributed by atoms with Crippen molar-refractivity contribution >= 4 is 23.2 Å². The van der Waals surface area contributed by atoms with Crippen molar-refractivity contribution < 1.29 is 19.2 Å². The number of hydrogen-bond donors (Lipinski definition) is 2. The molecule has 2 N–H and O–H groups in total. The van der Waals surface area contributed by atoms with Crippen molar-refractivity contribution in [2.45, 2.75) is 26.3 Å². The average Bonchev–Trinajstić information content (AvgIpc) is 2.66. The van der Waals surface area contributed by atoms with E-state index in [1.165, 1.54) is 18.2 Å². The number of rotatable bonds is 8. The molecule has 0 spiro atoms. The SMILES string of the molecule is CCC(C)NC(=O)c1ccc(NC(=O)COc2ccccc2[N+](=O)[O-])cc1. The molecule has 1 atom stereocenters. The number of nitro benzene ring substituents is 1. The fourth-order valence-corrected chi connectivity index (χ4v) is 2.18. The number of carbonyl (C=O) groups is 2. The monoisotopic (exact) mass is 371 g/mol. The maximum Gasteiger partial charge on any atom is 0.310 e. The molecule has 0 aliphatic heterocycles. The lowest BCUT2D eigenvalue weighted by molar-refractivity contribution is -0.385. The molecular weight excluding hydrogens is 350 g/mol. The van der Waals surface area contributed by atoms with Gasteiger partial charge in [0, 0.05) is 23.4 Å². The van der Waals surface area contributed by atoms with Gasteiger partial charge in [0.15, 0.2) is 12.4 Å². The van der Waals surface area contributed by atoms with E-state index in [0.29, 0.717) is 11.3 Å². The number of hydrogen-bond acceptors (Lipinski definition) is 5. The van der Waals surface area contributed by atoms with Crippen LogP contribution in [0.5, 0.6) is 5.75 Å². The molecule has 2 aromatic rings. The summed E-state index contributed by atoms with van der Waals surface area (Å²) in [7, 11) is 0. The zero-order chi connectivity index (χ0) is 19.8. The second-order valence-corrected chi connectivity index (χ2v) is 5.92. The molecule has 0 aromatic heterocycles. The van der Waals surface area contributed by atoms with Crippen molar-refractivity contribution in [3.8, 4) is 5.75 Å². The molecule has 0 saturated heterocycles. The topological polar surface area (TPSA) is 111 Å². The Morgan fingerprint density at radius 3 is 2.44 bits per heavy atom. The molecule has 0 aliphatic rings. The molecule has 0 saturated carbocycles. The summed E-state index contributed by atoms with van der Waals surface area (Å²) in [6.45, 7) is 3.53. The molecule has 2 rings (SSSR count). The number of nitro groups is 1. The normalized spacial score (nSPS) is 11.3. The van der Waals surface area contributed by atoms with Crippen molar-refractivity contribution in [1.29, 1.82) is 0 Å². The molecule has 0 heterocycles. The highest BCUT2D eigenvalue weighted by Crippen LogP contribution is 2.25. The van der Waals surface area contributed by atoms with Gasteiger partial charge in [0.1, 0.15) is 0 Å². The summed E-state index contributed by atoms with van der Waals surface area (Å²) in [5.74, 6) is -0.624. The van der Waals surface area contributed by atoms with E-state index in [0.717, 1.165) is 6.42 Å². The van der Waals surface area contributed by atoms with Gasteiger partial charge in [-0.25, -0.2) is 0 Å². The van der Waals surface area contributed by atoms with Gasteiger partial charge in [-0.1, -0.05) is 19.1 Å². The number of nitrogens with one attached hydrogen (secondary N) is 2. The fraction of sp³-hybridized carbons (Fsp3) is 0.263. The molecule has 1 unspecified atom stereocenters. The summed E-state index contributed by atoms with van der Waals surface area (Å²) < 4.78 is 5.23. The quantitative estimate of drug-likeness (QED) is 0.547. The molecule has 8 nitrogen and oxygen atoms in total. The van der Waals surface area contributed by atoms with Crippen molar-refractivity contribution in [3.63, 3.8) is 0 Å². The highest BCUT2D eigenvalue weighted by Gasteiger charge is 2.15. The van der Waals surface area contributed by atoms with Crippen molar-refractivity contribution in [3.05, 3.63) is 64.2 Å². The lowest BCUT2D eigenvalue weighted by atomic mass is 10.1. The summed E-state index contributed by atoms with van der Waals surface area (Å²) in [6, 6.07) is 12.3. The first kappa shape index (κ1) is 19.9. The summed E-state index contributed by atoms with van der Waals surface area (Å²) in [5, 5.41) is 16.4. The van der Waals surface area contributed by atoms with Crippen LogP contribution < -0.4 is 15.4 Å². The first-order chi connectivity index (χ1) is 12.9. The van der Waals surface area contributed by atoms with Crippen LogP contribution in [0.4, 0.5) is 11.4 Å². The molecule has 0 aliphatic carbocycles. The second kappa shape index (κ2) is 9.33. The molecule has 27 heavy (non-hydrogen) atoms. The summed E-state index contributed by atoms with van der Waals surface area (Å²) >= 11 is 0. The Hall–Kier alpha value is -3.42. The molecule has 0 fully saturated rings. The van der Waals surface area contributed by atoms with Crippen LogP contribution in [0, 0.1) is 10.1 Å². The van der Waals surface area contributed by atoms with Crippen molar-refractivity contribution in [2.24, 2.45) is 0 Å². The Balaban J connectivity index is 1.91. The largest absolute Gasteiger partial charge is 0.477 e. The predicted molar refractivity (Wildman–Crippen MR) is 101 cm³/mol. The van der Waals surface area contributed by atoms with E-state index in [4.69, 9.17) is 4.74 Å². The van der Waals surface area contributed by atoms with Crippen LogP contribution in [0.25, 0.3) is 0 Å². The number of carbonyl (C=O) groups excluding carboxylic acids is 2. The molecule has 0 radical (unpaired) electrons. The minimum atomic E-state index is -0.573. The third-order valence-electron chi connectivity index (χ3n) is 3.84. The number of nitrogens with zero attached hydrogens (tertiary/aromatic N) is 1. The van der Waals surface area contributed by atoms with E-state index < -0.39 is 10.8 Å². The van der Waals surface area contributed by atoms with E-state index in [2.05, 4.69) is 10.6 Å². The van der Waals surface area contributed by atoms with Gasteiger partial charge in [0.25, 0.3) is 11.8 Å². The Bertz CT molecular complexity index is 820. The number of anilines is 1.